The standard InChI is InChI=1S/C61H104O5/c1-4-7-10-13-16-19-22-25-28-30-31-33-34-36-39-42-45-48-51-54-60(62)65-58-59(57-64-56-53-50-47-44-41-38-27-24-21-18-15-12-9-6-3)66-61(63)55-52-49-46-43-40-37-35-32-29-26-23-20-17-14-11-8-5-2/h7,9-10,12,16,18-19,21,25,27-28,31,33,38,44,47,59H,4-6,8,11,13-15,17,20,22-24,26,29-30,32,34-37,39-43,45-46,48-58H2,1-3H3/b10-7-,12-9-,19-16-,21-18-,28-25-,33-31-,38-27-,47-44-. The van der Waals surface area contributed by atoms with E-state index < -0.39 is 6.10 Å². The number of ether oxygens (including phenoxy) is 3. The first kappa shape index (κ1) is 62.8. The molecule has 0 rings (SSSR count). The van der Waals surface area contributed by atoms with Crippen molar-refractivity contribution in [2.45, 2.75) is 258 Å². The van der Waals surface area contributed by atoms with Crippen LogP contribution in [-0.4, -0.2) is 37.9 Å². The molecule has 5 heteroatoms. The highest BCUT2D eigenvalue weighted by molar-refractivity contribution is 5.70. The summed E-state index contributed by atoms with van der Waals surface area (Å²) in [7, 11) is 0. The number of carbonyl (C=O) groups is 2. The van der Waals surface area contributed by atoms with Crippen LogP contribution < -0.4 is 0 Å². The maximum Gasteiger partial charge on any atom is 0.306 e. The van der Waals surface area contributed by atoms with Crippen LogP contribution in [-0.2, 0) is 23.8 Å². The Hall–Kier alpha value is -3.18. The van der Waals surface area contributed by atoms with E-state index in [2.05, 4.69) is 118 Å². The van der Waals surface area contributed by atoms with Crippen molar-refractivity contribution < 1.29 is 23.8 Å². The molecule has 0 spiro atoms. The summed E-state index contributed by atoms with van der Waals surface area (Å²) in [6, 6.07) is 0. The summed E-state index contributed by atoms with van der Waals surface area (Å²) in [6.07, 6.45) is 75.8. The molecule has 0 aliphatic rings. The van der Waals surface area contributed by atoms with Gasteiger partial charge in [-0.05, 0) is 89.9 Å². The third kappa shape index (κ3) is 53.4. The Kier molecular flexibility index (Phi) is 53.4. The molecule has 0 aromatic heterocycles. The van der Waals surface area contributed by atoms with Crippen molar-refractivity contribution in [3.05, 3.63) is 97.2 Å². The minimum atomic E-state index is -0.574. The van der Waals surface area contributed by atoms with Gasteiger partial charge in [0.2, 0.25) is 0 Å². The number of unbranched alkanes of at least 4 members (excludes halogenated alkanes) is 23. The van der Waals surface area contributed by atoms with E-state index in [1.165, 1.54) is 116 Å². The van der Waals surface area contributed by atoms with Crippen molar-refractivity contribution >= 4 is 11.9 Å². The summed E-state index contributed by atoms with van der Waals surface area (Å²) < 4.78 is 17.4. The number of esters is 2. The first-order valence-corrected chi connectivity index (χ1v) is 27.8. The van der Waals surface area contributed by atoms with Gasteiger partial charge in [-0.3, -0.25) is 9.59 Å². The van der Waals surface area contributed by atoms with Gasteiger partial charge in [-0.25, -0.2) is 0 Å². The fourth-order valence-corrected chi connectivity index (χ4v) is 7.57. The lowest BCUT2D eigenvalue weighted by molar-refractivity contribution is -0.163. The maximum atomic E-state index is 12.8. The number of hydrogen-bond donors (Lipinski definition) is 0. The second kappa shape index (κ2) is 56.1. The lowest BCUT2D eigenvalue weighted by Gasteiger charge is -2.18. The molecule has 1 unspecified atom stereocenters. The summed E-state index contributed by atoms with van der Waals surface area (Å²) in [5, 5.41) is 0. The Morgan fingerprint density at radius 1 is 0.348 bits per heavy atom. The normalized spacial score (nSPS) is 13.0. The van der Waals surface area contributed by atoms with Crippen LogP contribution in [0.15, 0.2) is 97.2 Å². The SMILES string of the molecule is CC/C=C\C/C=C\C/C=C\C/C=C\CCCCCCCCC(=O)OCC(COCCC/C=C\C/C=C\C/C=C\C/C=C\CC)OC(=O)CCCCCCCCCCCCCCCCCCC. The van der Waals surface area contributed by atoms with E-state index in [9.17, 15) is 9.59 Å². The number of rotatable bonds is 50. The summed E-state index contributed by atoms with van der Waals surface area (Å²) in [4.78, 5) is 25.5. The van der Waals surface area contributed by atoms with Gasteiger partial charge < -0.3 is 14.2 Å². The molecule has 0 amide bonds. The molecule has 66 heavy (non-hydrogen) atoms. The lowest BCUT2D eigenvalue weighted by atomic mass is 10.0. The number of allylic oxidation sites excluding steroid dienone is 16. The van der Waals surface area contributed by atoms with Crippen LogP contribution in [0.2, 0.25) is 0 Å². The molecular formula is C61H104O5. The van der Waals surface area contributed by atoms with Gasteiger partial charge in [0.15, 0.2) is 6.10 Å². The van der Waals surface area contributed by atoms with Crippen LogP contribution in [0, 0.1) is 0 Å². The van der Waals surface area contributed by atoms with Crippen LogP contribution in [0.5, 0.6) is 0 Å². The zero-order chi connectivity index (χ0) is 47.7. The predicted octanol–water partition coefficient (Wildman–Crippen LogP) is 19.0. The van der Waals surface area contributed by atoms with E-state index in [0.29, 0.717) is 19.4 Å². The average molecular weight is 917 g/mol. The van der Waals surface area contributed by atoms with Crippen LogP contribution in [0.25, 0.3) is 0 Å². The van der Waals surface area contributed by atoms with Crippen LogP contribution in [0.3, 0.4) is 0 Å². The second-order valence-electron chi connectivity index (χ2n) is 18.1. The largest absolute Gasteiger partial charge is 0.462 e. The van der Waals surface area contributed by atoms with Crippen molar-refractivity contribution in [2.24, 2.45) is 0 Å². The van der Waals surface area contributed by atoms with Crippen molar-refractivity contribution in [1.82, 2.24) is 0 Å². The van der Waals surface area contributed by atoms with E-state index in [4.69, 9.17) is 14.2 Å². The molecule has 0 aliphatic heterocycles. The summed E-state index contributed by atoms with van der Waals surface area (Å²) >= 11 is 0. The fourth-order valence-electron chi connectivity index (χ4n) is 7.57. The average Bonchev–Trinajstić information content (AvgIpc) is 3.32. The van der Waals surface area contributed by atoms with Gasteiger partial charge >= 0.3 is 11.9 Å². The molecule has 0 bridgehead atoms. The minimum Gasteiger partial charge on any atom is -0.462 e. The smallest absolute Gasteiger partial charge is 0.306 e. The van der Waals surface area contributed by atoms with Crippen molar-refractivity contribution in [1.29, 1.82) is 0 Å². The molecular weight excluding hydrogens is 813 g/mol. The van der Waals surface area contributed by atoms with E-state index in [1.54, 1.807) is 0 Å². The summed E-state index contributed by atoms with van der Waals surface area (Å²) in [5.41, 5.74) is 0. The summed E-state index contributed by atoms with van der Waals surface area (Å²) in [6.45, 7) is 7.47. The Balaban J connectivity index is 4.35. The molecule has 0 radical (unpaired) electrons. The molecule has 0 fully saturated rings. The molecule has 0 saturated heterocycles. The molecule has 1 atom stereocenters. The Morgan fingerprint density at radius 3 is 1.09 bits per heavy atom. The molecule has 378 valence electrons. The zero-order valence-corrected chi connectivity index (χ0v) is 43.4. The van der Waals surface area contributed by atoms with Gasteiger partial charge in [0.05, 0.1) is 6.61 Å². The highest BCUT2D eigenvalue weighted by Gasteiger charge is 2.17. The van der Waals surface area contributed by atoms with E-state index in [1.807, 2.05) is 0 Å². The van der Waals surface area contributed by atoms with Crippen LogP contribution >= 0.6 is 0 Å². The fraction of sp³-hybridized carbons (Fsp3) is 0.705. The van der Waals surface area contributed by atoms with E-state index >= 15 is 0 Å². The van der Waals surface area contributed by atoms with Gasteiger partial charge in [-0.1, -0.05) is 246 Å². The topological polar surface area (TPSA) is 61.8 Å². The van der Waals surface area contributed by atoms with Crippen molar-refractivity contribution in [3.63, 3.8) is 0 Å². The first-order valence-electron chi connectivity index (χ1n) is 27.8. The molecule has 0 saturated carbocycles. The van der Waals surface area contributed by atoms with Gasteiger partial charge in [-0.15, -0.1) is 0 Å². The van der Waals surface area contributed by atoms with Gasteiger partial charge in [0, 0.05) is 19.4 Å². The molecule has 0 aromatic rings. The maximum absolute atomic E-state index is 12.8. The van der Waals surface area contributed by atoms with Gasteiger partial charge in [0.25, 0.3) is 0 Å². The Bertz CT molecular complexity index is 1270. The highest BCUT2D eigenvalue weighted by Crippen LogP contribution is 2.15. The highest BCUT2D eigenvalue weighted by atomic mass is 16.6. The summed E-state index contributed by atoms with van der Waals surface area (Å²) in [5.74, 6) is -0.440. The third-order valence-corrected chi connectivity index (χ3v) is 11.6. The zero-order valence-electron chi connectivity index (χ0n) is 43.4. The van der Waals surface area contributed by atoms with Crippen LogP contribution in [0.4, 0.5) is 0 Å². The molecule has 5 nitrogen and oxygen atoms in total. The van der Waals surface area contributed by atoms with Crippen molar-refractivity contribution in [3.8, 4) is 0 Å². The predicted molar refractivity (Wildman–Crippen MR) is 288 cm³/mol. The van der Waals surface area contributed by atoms with E-state index in [0.717, 1.165) is 103 Å². The van der Waals surface area contributed by atoms with Gasteiger partial charge in [-0.2, -0.15) is 0 Å². The number of carbonyl (C=O) groups excluding carboxylic acids is 2. The quantitative estimate of drug-likeness (QED) is 0.0346. The lowest BCUT2D eigenvalue weighted by Crippen LogP contribution is -2.30. The molecule has 0 N–H and O–H groups in total. The molecule has 0 aromatic carbocycles. The Morgan fingerprint density at radius 2 is 0.682 bits per heavy atom. The minimum absolute atomic E-state index is 0.0534. The molecule has 0 heterocycles. The number of hydrogen-bond acceptors (Lipinski definition) is 5. The molecule has 0 aliphatic carbocycles. The monoisotopic (exact) mass is 917 g/mol. The van der Waals surface area contributed by atoms with E-state index in [-0.39, 0.29) is 25.2 Å². The third-order valence-electron chi connectivity index (χ3n) is 11.6. The van der Waals surface area contributed by atoms with Crippen molar-refractivity contribution in [2.75, 3.05) is 19.8 Å². The Labute approximate surface area is 409 Å². The first-order chi connectivity index (χ1) is 32.6. The van der Waals surface area contributed by atoms with Gasteiger partial charge in [0.1, 0.15) is 6.61 Å². The second-order valence-corrected chi connectivity index (χ2v) is 18.1. The van der Waals surface area contributed by atoms with Crippen LogP contribution in [0.1, 0.15) is 252 Å².